The highest BCUT2D eigenvalue weighted by molar-refractivity contribution is 5.96. The topological polar surface area (TPSA) is 61.4 Å². The number of nitrogens with zero attached hydrogens (tertiary/aromatic N) is 1. The number of nitrogens with one attached hydrogen (secondary N) is 2. The molecule has 3 amide bonds. The maximum atomic E-state index is 13.3. The van der Waals surface area contributed by atoms with Crippen LogP contribution in [0.15, 0.2) is 35.9 Å². The van der Waals surface area contributed by atoms with Gasteiger partial charge in [0.1, 0.15) is 5.82 Å². The summed E-state index contributed by atoms with van der Waals surface area (Å²) in [6, 6.07) is 5.43. The molecule has 0 spiro atoms. The molecule has 5 nitrogen and oxygen atoms in total. The maximum absolute atomic E-state index is 13.3. The van der Waals surface area contributed by atoms with Crippen LogP contribution in [-0.2, 0) is 4.79 Å². The number of rotatable bonds is 5. The van der Waals surface area contributed by atoms with Crippen LogP contribution in [-0.4, -0.2) is 31.1 Å². The molecule has 0 radical (unpaired) electrons. The summed E-state index contributed by atoms with van der Waals surface area (Å²) in [7, 11) is 0. The summed E-state index contributed by atoms with van der Waals surface area (Å²) in [5, 5.41) is 5.69. The van der Waals surface area contributed by atoms with Gasteiger partial charge in [-0.15, -0.1) is 0 Å². The molecule has 6 heteroatoms. The van der Waals surface area contributed by atoms with Gasteiger partial charge in [0.2, 0.25) is 5.91 Å². The van der Waals surface area contributed by atoms with Gasteiger partial charge in [0.05, 0.1) is 6.04 Å². The fraction of sp³-hybridized carbons (Fsp3) is 0.474. The van der Waals surface area contributed by atoms with Crippen LogP contribution in [0.4, 0.5) is 14.9 Å². The van der Waals surface area contributed by atoms with E-state index in [-0.39, 0.29) is 30.2 Å². The molecule has 1 aromatic rings. The van der Waals surface area contributed by atoms with E-state index in [0.29, 0.717) is 18.8 Å². The quantitative estimate of drug-likeness (QED) is 0.806. The number of urea groups is 1. The summed E-state index contributed by atoms with van der Waals surface area (Å²) >= 11 is 0. The molecular weight excluding hydrogens is 321 g/mol. The third-order valence-electron chi connectivity index (χ3n) is 4.70. The lowest BCUT2D eigenvalue weighted by molar-refractivity contribution is -0.117. The molecule has 2 aliphatic rings. The first-order valence-corrected chi connectivity index (χ1v) is 8.90. The normalized spacial score (nSPS) is 20.4. The zero-order chi connectivity index (χ0) is 17.6. The van der Waals surface area contributed by atoms with Crippen molar-refractivity contribution < 1.29 is 14.0 Å². The number of allylic oxidation sites excluding steroid dienone is 1. The summed E-state index contributed by atoms with van der Waals surface area (Å²) in [5.74, 6) is -0.486. The highest BCUT2D eigenvalue weighted by atomic mass is 19.1. The number of hydrogen-bond donors (Lipinski definition) is 2. The largest absolute Gasteiger partial charge is 0.338 e. The van der Waals surface area contributed by atoms with Gasteiger partial charge in [-0.3, -0.25) is 4.79 Å². The third-order valence-corrected chi connectivity index (χ3v) is 4.70. The Kier molecular flexibility index (Phi) is 5.68. The fourth-order valence-electron chi connectivity index (χ4n) is 3.40. The lowest BCUT2D eigenvalue weighted by atomic mass is 9.97. The minimum atomic E-state index is -0.378. The van der Waals surface area contributed by atoms with E-state index in [1.165, 1.54) is 35.4 Å². The first-order chi connectivity index (χ1) is 12.1. The lowest BCUT2D eigenvalue weighted by Gasteiger charge is -2.18. The van der Waals surface area contributed by atoms with Crippen LogP contribution in [0.3, 0.4) is 0 Å². The Labute approximate surface area is 147 Å². The average molecular weight is 345 g/mol. The minimum Gasteiger partial charge on any atom is -0.338 e. The number of carbonyl (C=O) groups is 2. The van der Waals surface area contributed by atoms with Crippen LogP contribution in [0.25, 0.3) is 0 Å². The first-order valence-electron chi connectivity index (χ1n) is 8.90. The average Bonchev–Trinajstić information content (AvgIpc) is 2.96. The van der Waals surface area contributed by atoms with Crippen molar-refractivity contribution in [2.24, 2.45) is 0 Å². The van der Waals surface area contributed by atoms with E-state index >= 15 is 0 Å². The van der Waals surface area contributed by atoms with Crippen molar-refractivity contribution in [1.29, 1.82) is 0 Å². The SMILES string of the molecule is O=C(NCCC1=CCCCC1)N[C@H]1CC(=O)N(c2cccc(F)c2)C1. The number of carbonyl (C=O) groups excluding carboxylic acids is 2. The zero-order valence-corrected chi connectivity index (χ0v) is 14.3. The van der Waals surface area contributed by atoms with Crippen molar-refractivity contribution in [3.63, 3.8) is 0 Å². The van der Waals surface area contributed by atoms with Gasteiger partial charge < -0.3 is 15.5 Å². The van der Waals surface area contributed by atoms with E-state index in [1.807, 2.05) is 0 Å². The summed E-state index contributed by atoms with van der Waals surface area (Å²) in [5.41, 5.74) is 1.94. The van der Waals surface area contributed by atoms with Gasteiger partial charge in [-0.1, -0.05) is 17.7 Å². The monoisotopic (exact) mass is 345 g/mol. The van der Waals surface area contributed by atoms with E-state index in [1.54, 1.807) is 12.1 Å². The molecule has 1 aromatic carbocycles. The van der Waals surface area contributed by atoms with Gasteiger partial charge in [-0.2, -0.15) is 0 Å². The van der Waals surface area contributed by atoms with Crippen molar-refractivity contribution in [3.8, 4) is 0 Å². The molecule has 0 bridgehead atoms. The highest BCUT2D eigenvalue weighted by Gasteiger charge is 2.31. The molecule has 1 heterocycles. The van der Waals surface area contributed by atoms with Crippen LogP contribution < -0.4 is 15.5 Å². The number of amides is 3. The molecule has 0 aromatic heterocycles. The van der Waals surface area contributed by atoms with E-state index in [0.717, 1.165) is 19.3 Å². The summed E-state index contributed by atoms with van der Waals surface area (Å²) in [6.45, 7) is 0.965. The van der Waals surface area contributed by atoms with Gasteiger partial charge in [-0.05, 0) is 50.3 Å². The third kappa shape index (κ3) is 4.81. The second-order valence-corrected chi connectivity index (χ2v) is 6.64. The number of benzene rings is 1. The van der Waals surface area contributed by atoms with E-state index in [4.69, 9.17) is 0 Å². The van der Waals surface area contributed by atoms with Crippen molar-refractivity contribution in [2.75, 3.05) is 18.0 Å². The lowest BCUT2D eigenvalue weighted by Crippen LogP contribution is -2.43. The molecule has 1 atom stereocenters. The Hall–Kier alpha value is -2.37. The smallest absolute Gasteiger partial charge is 0.315 e. The summed E-state index contributed by atoms with van der Waals surface area (Å²) in [4.78, 5) is 25.7. The Bertz CT molecular complexity index is 674. The Morgan fingerprint density at radius 2 is 2.20 bits per heavy atom. The highest BCUT2D eigenvalue weighted by Crippen LogP contribution is 2.22. The Balaban J connectivity index is 1.44. The van der Waals surface area contributed by atoms with Crippen LogP contribution in [0.1, 0.15) is 38.5 Å². The maximum Gasteiger partial charge on any atom is 0.315 e. The first kappa shape index (κ1) is 17.5. The molecule has 134 valence electrons. The van der Waals surface area contributed by atoms with Crippen molar-refractivity contribution in [3.05, 3.63) is 41.7 Å². The van der Waals surface area contributed by atoms with E-state index < -0.39 is 0 Å². The number of halogens is 1. The van der Waals surface area contributed by atoms with Crippen LogP contribution in [0, 0.1) is 5.82 Å². The predicted molar refractivity (Wildman–Crippen MR) is 94.9 cm³/mol. The fourth-order valence-corrected chi connectivity index (χ4v) is 3.40. The van der Waals surface area contributed by atoms with Crippen molar-refractivity contribution >= 4 is 17.6 Å². The molecule has 25 heavy (non-hydrogen) atoms. The molecule has 1 fully saturated rings. The molecule has 3 rings (SSSR count). The molecule has 1 aliphatic carbocycles. The number of anilines is 1. The Morgan fingerprint density at radius 1 is 1.32 bits per heavy atom. The van der Waals surface area contributed by atoms with Gasteiger partial charge in [0.25, 0.3) is 0 Å². The van der Waals surface area contributed by atoms with Gasteiger partial charge in [0, 0.05) is 25.2 Å². The van der Waals surface area contributed by atoms with Crippen LogP contribution in [0.2, 0.25) is 0 Å². The molecule has 0 unspecified atom stereocenters. The molecule has 2 N–H and O–H groups in total. The van der Waals surface area contributed by atoms with Gasteiger partial charge >= 0.3 is 6.03 Å². The van der Waals surface area contributed by atoms with Crippen LogP contribution in [0.5, 0.6) is 0 Å². The molecule has 0 saturated carbocycles. The predicted octanol–water partition coefficient (Wildman–Crippen LogP) is 3.12. The van der Waals surface area contributed by atoms with Crippen molar-refractivity contribution in [1.82, 2.24) is 10.6 Å². The standard InChI is InChI=1S/C19H24FN3O2/c20-15-7-4-8-17(11-15)23-13-16(12-18(23)24)22-19(25)21-10-9-14-5-2-1-3-6-14/h4-5,7-8,11,16H,1-3,6,9-10,12-13H2,(H2,21,22,25)/t16-/m0/s1. The Morgan fingerprint density at radius 3 is 2.96 bits per heavy atom. The summed E-state index contributed by atoms with van der Waals surface area (Å²) < 4.78 is 13.3. The minimum absolute atomic E-state index is 0.108. The van der Waals surface area contributed by atoms with Gasteiger partial charge in [0.15, 0.2) is 0 Å². The zero-order valence-electron chi connectivity index (χ0n) is 14.3. The van der Waals surface area contributed by atoms with Crippen LogP contribution >= 0.6 is 0 Å². The van der Waals surface area contributed by atoms with Crippen molar-refractivity contribution in [2.45, 2.75) is 44.6 Å². The summed E-state index contributed by atoms with van der Waals surface area (Å²) in [6.07, 6.45) is 8.15. The van der Waals surface area contributed by atoms with Gasteiger partial charge in [-0.25, -0.2) is 9.18 Å². The molecular formula is C19H24FN3O2. The number of hydrogen-bond acceptors (Lipinski definition) is 2. The molecule has 1 aliphatic heterocycles. The van der Waals surface area contributed by atoms with E-state index in [9.17, 15) is 14.0 Å². The van der Waals surface area contributed by atoms with E-state index in [2.05, 4.69) is 16.7 Å². The second kappa shape index (κ2) is 8.14. The second-order valence-electron chi connectivity index (χ2n) is 6.64. The molecule has 1 saturated heterocycles.